The summed E-state index contributed by atoms with van der Waals surface area (Å²) in [7, 11) is 0. The van der Waals surface area contributed by atoms with Crippen molar-refractivity contribution in [2.75, 3.05) is 23.7 Å². The number of fused-ring (bicyclic) bond motifs is 1. The van der Waals surface area contributed by atoms with Crippen molar-refractivity contribution in [3.8, 4) is 0 Å². The quantitative estimate of drug-likeness (QED) is 0.621. The van der Waals surface area contributed by atoms with Crippen molar-refractivity contribution in [1.29, 1.82) is 0 Å². The van der Waals surface area contributed by atoms with E-state index >= 15 is 0 Å². The lowest BCUT2D eigenvalue weighted by Gasteiger charge is -2.31. The van der Waals surface area contributed by atoms with E-state index in [0.29, 0.717) is 0 Å². The lowest BCUT2D eigenvalue weighted by Crippen LogP contribution is -2.30. The van der Waals surface area contributed by atoms with Gasteiger partial charge in [-0.1, -0.05) is 19.8 Å². The molecule has 0 bridgehead atoms. The average Bonchev–Trinajstić information content (AvgIpc) is 2.29. The first-order chi connectivity index (χ1) is 7.81. The van der Waals surface area contributed by atoms with Gasteiger partial charge in [0.05, 0.1) is 0 Å². The highest BCUT2D eigenvalue weighted by Gasteiger charge is 2.15. The minimum atomic E-state index is 0.897. The molecule has 0 aliphatic carbocycles. The van der Waals surface area contributed by atoms with E-state index in [1.807, 2.05) is 6.07 Å². The first kappa shape index (κ1) is 11.3. The van der Waals surface area contributed by atoms with Gasteiger partial charge in [0.25, 0.3) is 0 Å². The molecule has 0 saturated carbocycles. The molecule has 1 aromatic rings. The smallest absolute Gasteiger partial charge is 0.0400 e. The van der Waals surface area contributed by atoms with Crippen LogP contribution < -0.4 is 10.6 Å². The summed E-state index contributed by atoms with van der Waals surface area (Å²) in [5.74, 6) is 0. The van der Waals surface area contributed by atoms with E-state index < -0.39 is 0 Å². The fourth-order valence-electron chi connectivity index (χ4n) is 2.48. The van der Waals surface area contributed by atoms with Crippen LogP contribution in [0.25, 0.3) is 0 Å². The largest absolute Gasteiger partial charge is 0.399 e. The predicted octanol–water partition coefficient (Wildman–Crippen LogP) is 3.21. The van der Waals surface area contributed by atoms with Crippen molar-refractivity contribution in [3.05, 3.63) is 23.8 Å². The molecule has 88 valence electrons. The zero-order valence-corrected chi connectivity index (χ0v) is 10.2. The molecule has 1 aromatic carbocycles. The summed E-state index contributed by atoms with van der Waals surface area (Å²) in [5, 5.41) is 0. The van der Waals surface area contributed by atoms with Gasteiger partial charge in [0, 0.05) is 24.5 Å². The van der Waals surface area contributed by atoms with Gasteiger partial charge >= 0.3 is 0 Å². The third kappa shape index (κ3) is 2.49. The van der Waals surface area contributed by atoms with E-state index in [0.717, 1.165) is 5.69 Å². The summed E-state index contributed by atoms with van der Waals surface area (Å²) in [6, 6.07) is 6.36. The molecule has 0 unspecified atom stereocenters. The summed E-state index contributed by atoms with van der Waals surface area (Å²) < 4.78 is 0. The number of aryl methyl sites for hydroxylation is 1. The van der Waals surface area contributed by atoms with Gasteiger partial charge < -0.3 is 10.6 Å². The second-order valence-corrected chi connectivity index (χ2v) is 4.69. The maximum atomic E-state index is 5.83. The minimum Gasteiger partial charge on any atom is -0.399 e. The molecule has 0 saturated heterocycles. The van der Waals surface area contributed by atoms with E-state index in [2.05, 4.69) is 24.0 Å². The molecule has 0 radical (unpaired) electrons. The highest BCUT2D eigenvalue weighted by atomic mass is 15.1. The molecular formula is C14H22N2. The molecule has 2 N–H and O–H groups in total. The van der Waals surface area contributed by atoms with Crippen molar-refractivity contribution >= 4 is 11.4 Å². The second-order valence-electron chi connectivity index (χ2n) is 4.69. The lowest BCUT2D eigenvalue weighted by atomic mass is 10.0. The van der Waals surface area contributed by atoms with Crippen LogP contribution in [0.5, 0.6) is 0 Å². The molecule has 1 heterocycles. The predicted molar refractivity (Wildman–Crippen MR) is 70.9 cm³/mol. The zero-order chi connectivity index (χ0) is 11.4. The van der Waals surface area contributed by atoms with E-state index in [9.17, 15) is 0 Å². The van der Waals surface area contributed by atoms with Gasteiger partial charge in [-0.3, -0.25) is 0 Å². The average molecular weight is 218 g/mol. The number of rotatable bonds is 4. The number of nitrogens with two attached hydrogens (primary N) is 1. The molecular weight excluding hydrogens is 196 g/mol. The molecule has 0 spiro atoms. The Morgan fingerprint density at radius 1 is 1.31 bits per heavy atom. The summed E-state index contributed by atoms with van der Waals surface area (Å²) >= 11 is 0. The van der Waals surface area contributed by atoms with Gasteiger partial charge in [-0.2, -0.15) is 0 Å². The number of hydrogen-bond donors (Lipinski definition) is 1. The molecule has 0 fully saturated rings. The SMILES string of the molecule is CCCCCN1CCCc2cc(N)ccc21. The van der Waals surface area contributed by atoms with E-state index in [-0.39, 0.29) is 0 Å². The zero-order valence-electron chi connectivity index (χ0n) is 10.2. The third-order valence-electron chi connectivity index (χ3n) is 3.35. The Morgan fingerprint density at radius 3 is 3.00 bits per heavy atom. The second kappa shape index (κ2) is 5.24. The normalized spacial score (nSPS) is 14.9. The summed E-state index contributed by atoms with van der Waals surface area (Å²) in [5.41, 5.74) is 9.57. The van der Waals surface area contributed by atoms with E-state index in [1.54, 1.807) is 0 Å². The minimum absolute atomic E-state index is 0.897. The number of nitrogens with zero attached hydrogens (tertiary/aromatic N) is 1. The number of unbranched alkanes of at least 4 members (excludes halogenated alkanes) is 2. The van der Waals surface area contributed by atoms with E-state index in [4.69, 9.17) is 5.73 Å². The number of hydrogen-bond acceptors (Lipinski definition) is 2. The Balaban J connectivity index is 2.07. The van der Waals surface area contributed by atoms with Crippen LogP contribution in [0.2, 0.25) is 0 Å². The Labute approximate surface area is 98.4 Å². The molecule has 0 atom stereocenters. The van der Waals surface area contributed by atoms with Crippen molar-refractivity contribution in [3.63, 3.8) is 0 Å². The molecule has 0 amide bonds. The number of nitrogen functional groups attached to an aromatic ring is 1. The van der Waals surface area contributed by atoms with Crippen LogP contribution in [0, 0.1) is 0 Å². The molecule has 1 aliphatic heterocycles. The van der Waals surface area contributed by atoms with Crippen LogP contribution in [0.3, 0.4) is 0 Å². The maximum Gasteiger partial charge on any atom is 0.0400 e. The molecule has 16 heavy (non-hydrogen) atoms. The van der Waals surface area contributed by atoms with Gasteiger partial charge in [-0.25, -0.2) is 0 Å². The van der Waals surface area contributed by atoms with Crippen molar-refractivity contribution in [2.45, 2.75) is 39.0 Å². The van der Waals surface area contributed by atoms with Crippen LogP contribution in [-0.4, -0.2) is 13.1 Å². The molecule has 2 rings (SSSR count). The number of anilines is 2. The first-order valence-electron chi connectivity index (χ1n) is 6.44. The topological polar surface area (TPSA) is 29.3 Å². The fourth-order valence-corrected chi connectivity index (χ4v) is 2.48. The standard InChI is InChI=1S/C14H22N2/c1-2-3-4-9-16-10-5-6-12-11-13(15)7-8-14(12)16/h7-8,11H,2-6,9-10,15H2,1H3. The van der Waals surface area contributed by atoms with Crippen LogP contribution in [-0.2, 0) is 6.42 Å². The Bertz CT molecular complexity index is 347. The number of benzene rings is 1. The van der Waals surface area contributed by atoms with Crippen molar-refractivity contribution < 1.29 is 0 Å². The molecule has 2 nitrogen and oxygen atoms in total. The van der Waals surface area contributed by atoms with Gasteiger partial charge in [0.1, 0.15) is 0 Å². The monoisotopic (exact) mass is 218 g/mol. The first-order valence-corrected chi connectivity index (χ1v) is 6.44. The highest BCUT2D eigenvalue weighted by Crippen LogP contribution is 2.28. The summed E-state index contributed by atoms with van der Waals surface area (Å²) in [6.07, 6.45) is 6.39. The van der Waals surface area contributed by atoms with Gasteiger partial charge in [0.2, 0.25) is 0 Å². The highest BCUT2D eigenvalue weighted by molar-refractivity contribution is 5.61. The van der Waals surface area contributed by atoms with Crippen LogP contribution in [0.4, 0.5) is 11.4 Å². The molecule has 0 aromatic heterocycles. The van der Waals surface area contributed by atoms with Gasteiger partial charge in [-0.15, -0.1) is 0 Å². The van der Waals surface area contributed by atoms with E-state index in [1.165, 1.54) is 56.4 Å². The Morgan fingerprint density at radius 2 is 2.19 bits per heavy atom. The lowest BCUT2D eigenvalue weighted by molar-refractivity contribution is 0.638. The summed E-state index contributed by atoms with van der Waals surface area (Å²) in [6.45, 7) is 4.66. The van der Waals surface area contributed by atoms with Crippen molar-refractivity contribution in [1.82, 2.24) is 0 Å². The third-order valence-corrected chi connectivity index (χ3v) is 3.35. The molecule has 2 heteroatoms. The Hall–Kier alpha value is -1.18. The molecule has 1 aliphatic rings. The van der Waals surface area contributed by atoms with Crippen LogP contribution >= 0.6 is 0 Å². The van der Waals surface area contributed by atoms with Gasteiger partial charge in [-0.05, 0) is 43.0 Å². The Kier molecular flexibility index (Phi) is 3.70. The fraction of sp³-hybridized carbons (Fsp3) is 0.571. The van der Waals surface area contributed by atoms with Crippen LogP contribution in [0.1, 0.15) is 38.2 Å². The van der Waals surface area contributed by atoms with Crippen LogP contribution in [0.15, 0.2) is 18.2 Å². The summed E-state index contributed by atoms with van der Waals surface area (Å²) in [4.78, 5) is 2.52. The van der Waals surface area contributed by atoms with Gasteiger partial charge in [0.15, 0.2) is 0 Å². The maximum absolute atomic E-state index is 5.83. The van der Waals surface area contributed by atoms with Crippen molar-refractivity contribution in [2.24, 2.45) is 0 Å².